The number of rotatable bonds is 17. The SMILES string of the molecule is CCCCCCCCCCCCCOCCOCC(=O)[O-].[Na+]. The van der Waals surface area contributed by atoms with Gasteiger partial charge in [0, 0.05) is 6.61 Å². The summed E-state index contributed by atoms with van der Waals surface area (Å²) in [4.78, 5) is 10.1. The number of unbranched alkanes of at least 4 members (excludes halogenated alkanes) is 10. The van der Waals surface area contributed by atoms with Crippen molar-refractivity contribution in [3.8, 4) is 0 Å². The fraction of sp³-hybridized carbons (Fsp3) is 0.941. The topological polar surface area (TPSA) is 58.6 Å². The van der Waals surface area contributed by atoms with Crippen molar-refractivity contribution in [2.24, 2.45) is 0 Å². The zero-order valence-electron chi connectivity index (χ0n) is 14.7. The van der Waals surface area contributed by atoms with Gasteiger partial charge in [0.15, 0.2) is 0 Å². The molecule has 0 radical (unpaired) electrons. The average Bonchev–Trinajstić information content (AvgIpc) is 2.46. The Labute approximate surface area is 158 Å². The van der Waals surface area contributed by atoms with Gasteiger partial charge in [0.25, 0.3) is 0 Å². The molecule has 0 aliphatic heterocycles. The first-order valence-electron chi connectivity index (χ1n) is 8.62. The second-order valence-corrected chi connectivity index (χ2v) is 5.57. The summed E-state index contributed by atoms with van der Waals surface area (Å²) < 4.78 is 10.2. The van der Waals surface area contributed by atoms with Crippen molar-refractivity contribution in [1.29, 1.82) is 0 Å². The first kappa shape index (κ1) is 24.6. The third-order valence-electron chi connectivity index (χ3n) is 3.48. The van der Waals surface area contributed by atoms with Crippen molar-refractivity contribution in [3.63, 3.8) is 0 Å². The predicted molar refractivity (Wildman–Crippen MR) is 83.1 cm³/mol. The minimum atomic E-state index is -1.18. The van der Waals surface area contributed by atoms with Crippen LogP contribution in [0.2, 0.25) is 0 Å². The number of hydrogen-bond acceptors (Lipinski definition) is 4. The van der Waals surface area contributed by atoms with E-state index in [0.29, 0.717) is 13.2 Å². The van der Waals surface area contributed by atoms with Crippen LogP contribution < -0.4 is 34.7 Å². The van der Waals surface area contributed by atoms with Gasteiger partial charge in [-0.25, -0.2) is 0 Å². The molecule has 4 nitrogen and oxygen atoms in total. The molecule has 0 saturated heterocycles. The molecule has 0 amide bonds. The molecule has 0 fully saturated rings. The number of carbonyl (C=O) groups excluding carboxylic acids is 1. The van der Waals surface area contributed by atoms with Gasteiger partial charge in [0.05, 0.1) is 25.8 Å². The van der Waals surface area contributed by atoms with Crippen LogP contribution in [0.1, 0.15) is 77.6 Å². The molecule has 0 heterocycles. The Morgan fingerprint density at radius 2 is 1.18 bits per heavy atom. The number of ether oxygens (including phenoxy) is 2. The Bertz CT molecular complexity index is 225. The Kier molecular flexibility index (Phi) is 24.0. The molecule has 0 atom stereocenters. The maximum atomic E-state index is 10.1. The van der Waals surface area contributed by atoms with Crippen molar-refractivity contribution in [2.75, 3.05) is 26.4 Å². The summed E-state index contributed by atoms with van der Waals surface area (Å²) in [5.74, 6) is -1.18. The zero-order valence-corrected chi connectivity index (χ0v) is 16.7. The molecule has 0 N–H and O–H groups in total. The summed E-state index contributed by atoms with van der Waals surface area (Å²) in [5.41, 5.74) is 0. The van der Waals surface area contributed by atoms with Crippen molar-refractivity contribution < 1.29 is 48.9 Å². The quantitative estimate of drug-likeness (QED) is 0.281. The zero-order chi connectivity index (χ0) is 15.6. The summed E-state index contributed by atoms with van der Waals surface area (Å²) in [6.45, 7) is 3.44. The van der Waals surface area contributed by atoms with E-state index < -0.39 is 5.97 Å². The largest absolute Gasteiger partial charge is 1.00 e. The number of carboxylic acids is 1. The summed E-state index contributed by atoms with van der Waals surface area (Å²) >= 11 is 0. The van der Waals surface area contributed by atoms with Gasteiger partial charge in [-0.3, -0.25) is 0 Å². The second kappa shape index (κ2) is 21.4. The van der Waals surface area contributed by atoms with Crippen LogP contribution in [0.3, 0.4) is 0 Å². The van der Waals surface area contributed by atoms with Gasteiger partial charge in [0.2, 0.25) is 0 Å². The van der Waals surface area contributed by atoms with E-state index in [4.69, 9.17) is 9.47 Å². The fourth-order valence-electron chi connectivity index (χ4n) is 2.24. The molecule has 0 unspecified atom stereocenters. The minimum absolute atomic E-state index is 0. The second-order valence-electron chi connectivity index (χ2n) is 5.57. The Balaban J connectivity index is 0. The van der Waals surface area contributed by atoms with Gasteiger partial charge in [-0.2, -0.15) is 0 Å². The van der Waals surface area contributed by atoms with Gasteiger partial charge in [-0.15, -0.1) is 0 Å². The van der Waals surface area contributed by atoms with E-state index in [2.05, 4.69) is 6.92 Å². The summed E-state index contributed by atoms with van der Waals surface area (Å²) in [5, 5.41) is 10.1. The van der Waals surface area contributed by atoms with Gasteiger partial charge >= 0.3 is 29.6 Å². The molecule has 22 heavy (non-hydrogen) atoms. The van der Waals surface area contributed by atoms with Crippen LogP contribution in [0.25, 0.3) is 0 Å². The van der Waals surface area contributed by atoms with E-state index >= 15 is 0 Å². The molecular weight excluding hydrogens is 291 g/mol. The Hall–Kier alpha value is 0.390. The van der Waals surface area contributed by atoms with E-state index in [9.17, 15) is 9.90 Å². The van der Waals surface area contributed by atoms with Crippen LogP contribution in [-0.2, 0) is 14.3 Å². The molecule has 0 aromatic carbocycles. The third kappa shape index (κ3) is 22.7. The smallest absolute Gasteiger partial charge is 0.548 e. The van der Waals surface area contributed by atoms with Crippen molar-refractivity contribution >= 4 is 5.97 Å². The Morgan fingerprint density at radius 1 is 0.727 bits per heavy atom. The molecular formula is C17H33NaO4. The van der Waals surface area contributed by atoms with E-state index in [1.54, 1.807) is 0 Å². The number of hydrogen-bond donors (Lipinski definition) is 0. The molecule has 0 aromatic heterocycles. The van der Waals surface area contributed by atoms with E-state index in [0.717, 1.165) is 13.0 Å². The van der Waals surface area contributed by atoms with Crippen LogP contribution in [0.5, 0.6) is 0 Å². The number of carbonyl (C=O) groups is 1. The normalized spacial score (nSPS) is 10.4. The van der Waals surface area contributed by atoms with Crippen LogP contribution in [0.4, 0.5) is 0 Å². The molecule has 0 rings (SSSR count). The van der Waals surface area contributed by atoms with Crippen molar-refractivity contribution in [1.82, 2.24) is 0 Å². The molecule has 5 heteroatoms. The molecule has 126 valence electrons. The van der Waals surface area contributed by atoms with E-state index in [1.165, 1.54) is 64.2 Å². The number of carboxylic acid groups (broad SMARTS) is 1. The van der Waals surface area contributed by atoms with Gasteiger partial charge in [-0.05, 0) is 6.42 Å². The first-order valence-corrected chi connectivity index (χ1v) is 8.62. The summed E-state index contributed by atoms with van der Waals surface area (Å²) in [7, 11) is 0. The number of aliphatic carboxylic acids is 1. The molecule has 0 saturated carbocycles. The Morgan fingerprint density at radius 3 is 1.68 bits per heavy atom. The van der Waals surface area contributed by atoms with Crippen LogP contribution in [-0.4, -0.2) is 32.4 Å². The van der Waals surface area contributed by atoms with Crippen LogP contribution >= 0.6 is 0 Å². The summed E-state index contributed by atoms with van der Waals surface area (Å²) in [6, 6.07) is 0. The maximum Gasteiger partial charge on any atom is 1.00 e. The van der Waals surface area contributed by atoms with Crippen LogP contribution in [0, 0.1) is 0 Å². The van der Waals surface area contributed by atoms with Crippen molar-refractivity contribution in [2.45, 2.75) is 77.6 Å². The minimum Gasteiger partial charge on any atom is -0.548 e. The van der Waals surface area contributed by atoms with E-state index in [1.807, 2.05) is 0 Å². The standard InChI is InChI=1S/C17H34O4.Na/c1-2-3-4-5-6-7-8-9-10-11-12-13-20-14-15-21-16-17(18)19;/h2-16H2,1H3,(H,18,19);/q;+1/p-1. The first-order chi connectivity index (χ1) is 10.3. The fourth-order valence-corrected chi connectivity index (χ4v) is 2.24. The van der Waals surface area contributed by atoms with Crippen molar-refractivity contribution in [3.05, 3.63) is 0 Å². The van der Waals surface area contributed by atoms with Crippen LogP contribution in [0.15, 0.2) is 0 Å². The van der Waals surface area contributed by atoms with Gasteiger partial charge in [0.1, 0.15) is 0 Å². The molecule has 0 spiro atoms. The maximum absolute atomic E-state index is 10.1. The molecule has 0 aliphatic rings. The predicted octanol–water partition coefficient (Wildman–Crippen LogP) is 0.0845. The molecule has 0 aromatic rings. The monoisotopic (exact) mass is 324 g/mol. The molecule has 0 bridgehead atoms. The van der Waals surface area contributed by atoms with Gasteiger partial charge < -0.3 is 19.4 Å². The molecule has 0 aliphatic carbocycles. The average molecular weight is 324 g/mol. The van der Waals surface area contributed by atoms with Gasteiger partial charge in [-0.1, -0.05) is 71.1 Å². The third-order valence-corrected chi connectivity index (χ3v) is 3.48. The van der Waals surface area contributed by atoms with E-state index in [-0.39, 0.29) is 36.2 Å². The summed E-state index contributed by atoms with van der Waals surface area (Å²) in [6.07, 6.45) is 14.6.